The van der Waals surface area contributed by atoms with Crippen molar-refractivity contribution >= 4 is 22.8 Å². The number of rotatable bonds is 4. The summed E-state index contributed by atoms with van der Waals surface area (Å²) in [6.45, 7) is 6.17. The number of nitrogens with zero attached hydrogens (tertiary/aromatic N) is 6. The second-order valence-corrected chi connectivity index (χ2v) is 7.90. The quantitative estimate of drug-likeness (QED) is 0.869. The normalized spacial score (nSPS) is 24.3. The predicted octanol–water partition coefficient (Wildman–Crippen LogP) is 1.18. The van der Waals surface area contributed by atoms with Crippen LogP contribution in [0, 0.1) is 5.92 Å². The van der Waals surface area contributed by atoms with Crippen LogP contribution in [-0.4, -0.2) is 69.3 Å². The number of aryl methyl sites for hydroxylation is 1. The Morgan fingerprint density at radius 3 is 2.74 bits per heavy atom. The molecule has 0 aromatic carbocycles. The molecule has 2 fully saturated rings. The lowest BCUT2D eigenvalue weighted by Gasteiger charge is -2.36. The summed E-state index contributed by atoms with van der Waals surface area (Å²) in [4.78, 5) is 25.8. The number of hydrogen-bond acceptors (Lipinski definition) is 6. The van der Waals surface area contributed by atoms with Crippen LogP contribution in [0.3, 0.4) is 0 Å². The van der Waals surface area contributed by atoms with Crippen molar-refractivity contribution in [2.45, 2.75) is 38.6 Å². The molecule has 1 aliphatic carbocycles. The molecule has 4 rings (SSSR count). The van der Waals surface area contributed by atoms with E-state index in [1.54, 1.807) is 11.0 Å². The van der Waals surface area contributed by atoms with Gasteiger partial charge in [0.25, 0.3) is 0 Å². The summed E-state index contributed by atoms with van der Waals surface area (Å²) < 4.78 is 1.77. The molecule has 8 heteroatoms. The van der Waals surface area contributed by atoms with Gasteiger partial charge in [0, 0.05) is 39.3 Å². The fraction of sp³-hybridized carbons (Fsp3) is 0.684. The summed E-state index contributed by atoms with van der Waals surface area (Å²) in [6.07, 6.45) is 8.31. The molecule has 1 amide bonds. The molecule has 1 saturated carbocycles. The number of piperazine rings is 1. The maximum absolute atomic E-state index is 12.5. The van der Waals surface area contributed by atoms with Crippen molar-refractivity contribution in [3.05, 3.63) is 12.5 Å². The maximum Gasteiger partial charge on any atom is 0.234 e. The molecule has 27 heavy (non-hydrogen) atoms. The molecule has 2 unspecified atom stereocenters. The Morgan fingerprint density at radius 2 is 1.96 bits per heavy atom. The van der Waals surface area contributed by atoms with Gasteiger partial charge in [0.1, 0.15) is 12.1 Å². The molecule has 2 aromatic rings. The van der Waals surface area contributed by atoms with Crippen molar-refractivity contribution in [2.75, 3.05) is 37.6 Å². The van der Waals surface area contributed by atoms with Gasteiger partial charge in [0.05, 0.1) is 18.1 Å². The second-order valence-electron chi connectivity index (χ2n) is 7.90. The monoisotopic (exact) mass is 371 g/mol. The fourth-order valence-corrected chi connectivity index (χ4v) is 4.31. The molecule has 2 aromatic heterocycles. The second kappa shape index (κ2) is 7.80. The van der Waals surface area contributed by atoms with E-state index in [1.807, 2.05) is 13.2 Å². The topological polar surface area (TPSA) is 79.2 Å². The molecule has 0 radical (unpaired) electrons. The first-order valence-corrected chi connectivity index (χ1v) is 10.0. The first-order chi connectivity index (χ1) is 13.1. The van der Waals surface area contributed by atoms with Crippen LogP contribution in [0.25, 0.3) is 11.0 Å². The molecule has 0 spiro atoms. The first-order valence-electron chi connectivity index (χ1n) is 10.0. The Labute approximate surface area is 159 Å². The minimum absolute atomic E-state index is 0.166. The average Bonchev–Trinajstić information content (AvgIpc) is 3.06. The molecule has 146 valence electrons. The number of amides is 1. The van der Waals surface area contributed by atoms with Gasteiger partial charge in [0.2, 0.25) is 5.91 Å². The highest BCUT2D eigenvalue weighted by Crippen LogP contribution is 2.24. The zero-order valence-electron chi connectivity index (χ0n) is 16.3. The molecular formula is C19H29N7O. The van der Waals surface area contributed by atoms with Crippen LogP contribution in [0.5, 0.6) is 0 Å². The largest absolute Gasteiger partial charge is 0.353 e. The predicted molar refractivity (Wildman–Crippen MR) is 105 cm³/mol. The third-order valence-electron chi connectivity index (χ3n) is 6.01. The summed E-state index contributed by atoms with van der Waals surface area (Å²) in [5.74, 6) is 1.70. The van der Waals surface area contributed by atoms with E-state index in [9.17, 15) is 4.79 Å². The number of hydrogen-bond donors (Lipinski definition) is 1. The minimum atomic E-state index is 0.166. The summed E-state index contributed by atoms with van der Waals surface area (Å²) in [7, 11) is 1.89. The maximum atomic E-state index is 12.5. The van der Waals surface area contributed by atoms with E-state index in [0.717, 1.165) is 49.5 Å². The summed E-state index contributed by atoms with van der Waals surface area (Å²) >= 11 is 0. The van der Waals surface area contributed by atoms with Gasteiger partial charge in [-0.05, 0) is 18.8 Å². The molecule has 2 aliphatic rings. The molecule has 1 aliphatic heterocycles. The summed E-state index contributed by atoms with van der Waals surface area (Å²) in [6, 6.07) is 0.354. The molecule has 1 N–H and O–H groups in total. The van der Waals surface area contributed by atoms with Gasteiger partial charge in [-0.2, -0.15) is 5.10 Å². The van der Waals surface area contributed by atoms with Crippen molar-refractivity contribution in [2.24, 2.45) is 13.0 Å². The van der Waals surface area contributed by atoms with E-state index in [-0.39, 0.29) is 5.91 Å². The Bertz CT molecular complexity index is 796. The molecule has 1 saturated heterocycles. The van der Waals surface area contributed by atoms with Crippen molar-refractivity contribution < 1.29 is 4.79 Å². The van der Waals surface area contributed by atoms with Crippen LogP contribution < -0.4 is 10.2 Å². The third kappa shape index (κ3) is 3.90. The zero-order valence-corrected chi connectivity index (χ0v) is 16.3. The highest BCUT2D eigenvalue weighted by Gasteiger charge is 2.25. The Kier molecular flexibility index (Phi) is 5.24. The molecule has 8 nitrogen and oxygen atoms in total. The van der Waals surface area contributed by atoms with Crippen molar-refractivity contribution in [3.8, 4) is 0 Å². The number of anilines is 1. The van der Waals surface area contributed by atoms with Crippen LogP contribution in [0.4, 0.5) is 5.82 Å². The number of nitrogens with one attached hydrogen (secondary N) is 1. The standard InChI is InChI=1S/C19H29N7O/c1-14-5-3-4-6-16(14)23-17(27)12-25-7-9-26(10-8-25)19-15-11-22-24(2)18(15)20-13-21-19/h11,13-14,16H,3-10,12H2,1-2H3,(H,23,27). The smallest absolute Gasteiger partial charge is 0.234 e. The molecule has 2 atom stereocenters. The first kappa shape index (κ1) is 18.2. The molecule has 3 heterocycles. The van der Waals surface area contributed by atoms with Crippen molar-refractivity contribution in [1.29, 1.82) is 0 Å². The molecule has 0 bridgehead atoms. The lowest BCUT2D eigenvalue weighted by molar-refractivity contribution is -0.123. The van der Waals surface area contributed by atoms with E-state index in [4.69, 9.17) is 0 Å². The Morgan fingerprint density at radius 1 is 1.19 bits per heavy atom. The van der Waals surface area contributed by atoms with Crippen LogP contribution in [0.1, 0.15) is 32.6 Å². The van der Waals surface area contributed by atoms with Crippen LogP contribution >= 0.6 is 0 Å². The van der Waals surface area contributed by atoms with E-state index in [2.05, 4.69) is 37.1 Å². The van der Waals surface area contributed by atoms with Crippen LogP contribution in [0.15, 0.2) is 12.5 Å². The lowest BCUT2D eigenvalue weighted by atomic mass is 9.86. The van der Waals surface area contributed by atoms with Crippen molar-refractivity contribution in [1.82, 2.24) is 30.0 Å². The Balaban J connectivity index is 1.31. The Hall–Kier alpha value is -2.22. The number of aromatic nitrogens is 4. The van der Waals surface area contributed by atoms with Gasteiger partial charge < -0.3 is 10.2 Å². The van der Waals surface area contributed by atoms with Crippen molar-refractivity contribution in [3.63, 3.8) is 0 Å². The summed E-state index contributed by atoms with van der Waals surface area (Å²) in [5, 5.41) is 8.53. The van der Waals surface area contributed by atoms with Gasteiger partial charge in [-0.1, -0.05) is 19.8 Å². The van der Waals surface area contributed by atoms with E-state index in [1.165, 1.54) is 19.3 Å². The third-order valence-corrected chi connectivity index (χ3v) is 6.01. The van der Waals surface area contributed by atoms with Gasteiger partial charge in [-0.25, -0.2) is 9.97 Å². The van der Waals surface area contributed by atoms with E-state index in [0.29, 0.717) is 18.5 Å². The van der Waals surface area contributed by atoms with Gasteiger partial charge in [0.15, 0.2) is 5.65 Å². The zero-order chi connectivity index (χ0) is 18.8. The minimum Gasteiger partial charge on any atom is -0.353 e. The highest BCUT2D eigenvalue weighted by molar-refractivity contribution is 5.86. The average molecular weight is 371 g/mol. The summed E-state index contributed by atoms with van der Waals surface area (Å²) in [5.41, 5.74) is 0.850. The van der Waals surface area contributed by atoms with E-state index < -0.39 is 0 Å². The van der Waals surface area contributed by atoms with Gasteiger partial charge in [-0.15, -0.1) is 0 Å². The number of fused-ring (bicyclic) bond motifs is 1. The van der Waals surface area contributed by atoms with Crippen LogP contribution in [0.2, 0.25) is 0 Å². The SMILES string of the molecule is CC1CCCCC1NC(=O)CN1CCN(c2ncnc3c2cnn3C)CC1. The number of carbonyl (C=O) groups is 1. The molecular weight excluding hydrogens is 342 g/mol. The van der Waals surface area contributed by atoms with Crippen LogP contribution in [-0.2, 0) is 11.8 Å². The van der Waals surface area contributed by atoms with Gasteiger partial charge in [-0.3, -0.25) is 14.4 Å². The fourth-order valence-electron chi connectivity index (χ4n) is 4.31. The highest BCUT2D eigenvalue weighted by atomic mass is 16.2. The van der Waals surface area contributed by atoms with E-state index >= 15 is 0 Å². The number of carbonyl (C=O) groups excluding carboxylic acids is 1. The lowest BCUT2D eigenvalue weighted by Crippen LogP contribution is -2.51. The van der Waals surface area contributed by atoms with Gasteiger partial charge >= 0.3 is 0 Å².